The molecule has 14 heteroatoms. The number of tetrazole rings is 1. The normalized spacial score (nSPS) is 12.2. The van der Waals surface area contributed by atoms with Crippen molar-refractivity contribution in [3.63, 3.8) is 0 Å². The molecule has 212 valence electrons. The Morgan fingerprint density at radius 3 is 2.57 bits per heavy atom. The molecule has 0 spiro atoms. The highest BCUT2D eigenvalue weighted by atomic mass is 35.5. The van der Waals surface area contributed by atoms with Crippen LogP contribution in [-0.2, 0) is 6.54 Å². The van der Waals surface area contributed by atoms with Gasteiger partial charge in [-0.2, -0.15) is 19.6 Å². The van der Waals surface area contributed by atoms with Crippen LogP contribution < -0.4 is 4.73 Å². The fourth-order valence-corrected chi connectivity index (χ4v) is 4.86. The van der Waals surface area contributed by atoms with Crippen LogP contribution in [0.5, 0.6) is 0 Å². The van der Waals surface area contributed by atoms with Gasteiger partial charge in [-0.15, -0.1) is 5.10 Å². The minimum atomic E-state index is -0.726. The molecule has 1 unspecified atom stereocenters. The van der Waals surface area contributed by atoms with Gasteiger partial charge >= 0.3 is 0 Å². The fourth-order valence-electron chi connectivity index (χ4n) is 4.71. The van der Waals surface area contributed by atoms with E-state index in [9.17, 15) is 9.60 Å². The Balaban J connectivity index is 1.42. The predicted molar refractivity (Wildman–Crippen MR) is 148 cm³/mol. The van der Waals surface area contributed by atoms with Crippen LogP contribution in [0, 0.1) is 16.8 Å². The van der Waals surface area contributed by atoms with Gasteiger partial charge in [0.15, 0.2) is 23.9 Å². The summed E-state index contributed by atoms with van der Waals surface area (Å²) in [7, 11) is 0. The van der Waals surface area contributed by atoms with Crippen molar-refractivity contribution in [2.24, 2.45) is 0 Å². The van der Waals surface area contributed by atoms with E-state index in [0.29, 0.717) is 10.4 Å². The van der Waals surface area contributed by atoms with Crippen LogP contribution in [-0.4, -0.2) is 44.8 Å². The highest BCUT2D eigenvalue weighted by molar-refractivity contribution is 6.31. The molecule has 6 rings (SSSR count). The van der Waals surface area contributed by atoms with Crippen molar-refractivity contribution in [3.8, 4) is 27.9 Å². The standard InChI is InChI=1S/C28H23ClF2N10O/c1-17(2)23-9-18(7-8-32-23)20-10-35-39(12-20)26(15-38-14-21(30)11-34-38)24-5-3-19(13-41(24)42)27-25(40-16-33-36-37-40)6-4-22(29)28(27)31/h3-14,16-17,26H,15H2,1-2H3. The summed E-state index contributed by atoms with van der Waals surface area (Å²) < 4.78 is 34.1. The smallest absolute Gasteiger partial charge is 0.219 e. The van der Waals surface area contributed by atoms with Crippen molar-refractivity contribution in [2.75, 3.05) is 0 Å². The van der Waals surface area contributed by atoms with Gasteiger partial charge in [0.2, 0.25) is 5.69 Å². The van der Waals surface area contributed by atoms with Gasteiger partial charge < -0.3 is 5.21 Å². The van der Waals surface area contributed by atoms with Crippen molar-refractivity contribution in [1.82, 2.24) is 44.8 Å². The molecule has 1 aromatic carbocycles. The first-order valence-corrected chi connectivity index (χ1v) is 13.3. The molecule has 0 aliphatic rings. The first kappa shape index (κ1) is 27.1. The molecular weight excluding hydrogens is 566 g/mol. The summed E-state index contributed by atoms with van der Waals surface area (Å²) in [5.74, 6) is -0.994. The average molecular weight is 589 g/mol. The molecule has 5 heterocycles. The highest BCUT2D eigenvalue weighted by Gasteiger charge is 2.27. The van der Waals surface area contributed by atoms with E-state index in [1.165, 1.54) is 34.2 Å². The first-order chi connectivity index (χ1) is 20.3. The molecule has 0 amide bonds. The summed E-state index contributed by atoms with van der Waals surface area (Å²) in [5.41, 5.74) is 3.55. The molecule has 11 nitrogen and oxygen atoms in total. The number of hydrogen-bond acceptors (Lipinski definition) is 7. The Morgan fingerprint density at radius 1 is 1.00 bits per heavy atom. The van der Waals surface area contributed by atoms with E-state index in [-0.39, 0.29) is 34.3 Å². The van der Waals surface area contributed by atoms with Crippen LogP contribution in [0.1, 0.15) is 37.2 Å². The van der Waals surface area contributed by atoms with Crippen LogP contribution in [0.3, 0.4) is 0 Å². The maximum absolute atomic E-state index is 15.3. The van der Waals surface area contributed by atoms with Crippen LogP contribution >= 0.6 is 11.6 Å². The second-order valence-corrected chi connectivity index (χ2v) is 10.3. The summed E-state index contributed by atoms with van der Waals surface area (Å²) in [5, 5.41) is 33.1. The summed E-state index contributed by atoms with van der Waals surface area (Å²) in [6.07, 6.45) is 10.1. The van der Waals surface area contributed by atoms with E-state index in [1.54, 1.807) is 35.3 Å². The third kappa shape index (κ3) is 5.21. The lowest BCUT2D eigenvalue weighted by atomic mass is 10.0. The molecular formula is C28H23ClF2N10O. The van der Waals surface area contributed by atoms with Gasteiger partial charge in [0, 0.05) is 29.7 Å². The minimum Gasteiger partial charge on any atom is -0.618 e. The fraction of sp³-hybridized carbons (Fsp3) is 0.179. The Hall–Kier alpha value is -5.04. The molecule has 0 fully saturated rings. The van der Waals surface area contributed by atoms with Gasteiger partial charge in [0.05, 0.1) is 47.0 Å². The van der Waals surface area contributed by atoms with Gasteiger partial charge in [-0.3, -0.25) is 14.3 Å². The molecule has 0 N–H and O–H groups in total. The third-order valence-corrected chi connectivity index (χ3v) is 7.12. The van der Waals surface area contributed by atoms with E-state index >= 15 is 4.39 Å². The summed E-state index contributed by atoms with van der Waals surface area (Å²) >= 11 is 6.09. The zero-order valence-corrected chi connectivity index (χ0v) is 23.1. The van der Waals surface area contributed by atoms with Crippen molar-refractivity contribution >= 4 is 11.6 Å². The maximum atomic E-state index is 15.3. The topological polar surface area (TPSA) is 119 Å². The molecule has 0 saturated carbocycles. The monoisotopic (exact) mass is 588 g/mol. The second-order valence-electron chi connectivity index (χ2n) is 9.91. The number of hydrogen-bond donors (Lipinski definition) is 0. The van der Waals surface area contributed by atoms with Gasteiger partial charge in [-0.05, 0) is 52.2 Å². The maximum Gasteiger partial charge on any atom is 0.219 e. The zero-order valence-electron chi connectivity index (χ0n) is 22.4. The van der Waals surface area contributed by atoms with E-state index in [4.69, 9.17) is 11.6 Å². The second kappa shape index (κ2) is 11.1. The predicted octanol–water partition coefficient (Wildman–Crippen LogP) is 4.76. The largest absolute Gasteiger partial charge is 0.618 e. The van der Waals surface area contributed by atoms with Crippen LogP contribution in [0.15, 0.2) is 79.9 Å². The highest BCUT2D eigenvalue weighted by Crippen LogP contribution is 2.33. The number of nitrogens with zero attached hydrogens (tertiary/aromatic N) is 10. The van der Waals surface area contributed by atoms with Crippen molar-refractivity contribution in [1.29, 1.82) is 0 Å². The first-order valence-electron chi connectivity index (χ1n) is 12.9. The lowest BCUT2D eigenvalue weighted by Crippen LogP contribution is -2.37. The van der Waals surface area contributed by atoms with Gasteiger partial charge in [-0.25, -0.2) is 8.78 Å². The van der Waals surface area contributed by atoms with Crippen LogP contribution in [0.2, 0.25) is 5.02 Å². The summed E-state index contributed by atoms with van der Waals surface area (Å²) in [4.78, 5) is 4.42. The molecule has 1 atom stereocenters. The van der Waals surface area contributed by atoms with Crippen molar-refractivity contribution in [2.45, 2.75) is 32.4 Å². The lowest BCUT2D eigenvalue weighted by Gasteiger charge is -2.18. The van der Waals surface area contributed by atoms with Crippen molar-refractivity contribution in [3.05, 3.63) is 113 Å². The Labute approximate surface area is 243 Å². The SMILES string of the molecule is CC(C)c1cc(-c2cnn(C(Cn3cc(F)cn3)c3ccc(-c4c(-n5cnnn5)ccc(Cl)c4F)c[n+]3[O-])c2)ccn1. The molecule has 0 bridgehead atoms. The lowest BCUT2D eigenvalue weighted by molar-refractivity contribution is -0.615. The molecule has 0 aliphatic heterocycles. The molecule has 0 saturated heterocycles. The van der Waals surface area contributed by atoms with Gasteiger partial charge in [0.25, 0.3) is 0 Å². The summed E-state index contributed by atoms with van der Waals surface area (Å²) in [6.45, 7) is 4.22. The zero-order chi connectivity index (χ0) is 29.4. The number of benzene rings is 1. The summed E-state index contributed by atoms with van der Waals surface area (Å²) in [6, 6.07) is 9.30. The molecule has 0 aliphatic carbocycles. The van der Waals surface area contributed by atoms with Crippen molar-refractivity contribution < 1.29 is 13.5 Å². The molecule has 42 heavy (non-hydrogen) atoms. The molecule has 0 radical (unpaired) electrons. The van der Waals surface area contributed by atoms with E-state index in [0.717, 1.165) is 23.0 Å². The quantitative estimate of drug-likeness (QED) is 0.186. The average Bonchev–Trinajstić information content (AvgIpc) is 3.76. The number of rotatable bonds is 8. The number of pyridine rings is 2. The van der Waals surface area contributed by atoms with Gasteiger partial charge in [0.1, 0.15) is 6.33 Å². The van der Waals surface area contributed by atoms with E-state index in [1.807, 2.05) is 18.3 Å². The van der Waals surface area contributed by atoms with Crippen LogP contribution in [0.25, 0.3) is 27.9 Å². The Kier molecular flexibility index (Phi) is 7.17. The van der Waals surface area contributed by atoms with E-state index < -0.39 is 17.7 Å². The van der Waals surface area contributed by atoms with Gasteiger partial charge in [-0.1, -0.05) is 25.4 Å². The Bertz CT molecular complexity index is 1870. The third-order valence-electron chi connectivity index (χ3n) is 6.83. The Morgan fingerprint density at radius 2 is 1.86 bits per heavy atom. The molecule has 5 aromatic heterocycles. The minimum absolute atomic E-state index is 0.0525. The van der Waals surface area contributed by atoms with Crippen LogP contribution in [0.4, 0.5) is 8.78 Å². The number of halogens is 3. The molecule has 6 aromatic rings. The van der Waals surface area contributed by atoms with E-state index in [2.05, 4.69) is 44.6 Å². The number of aromatic nitrogens is 10.